The highest BCUT2D eigenvalue weighted by atomic mass is 16.5. The van der Waals surface area contributed by atoms with E-state index < -0.39 is 35.1 Å². The molecule has 11 heteroatoms. The van der Waals surface area contributed by atoms with E-state index in [1.165, 1.54) is 6.26 Å². The van der Waals surface area contributed by atoms with Gasteiger partial charge in [-0.3, -0.25) is 9.59 Å². The molecule has 11 nitrogen and oxygen atoms in total. The van der Waals surface area contributed by atoms with Crippen molar-refractivity contribution < 1.29 is 28.3 Å². The molecule has 2 aromatic heterocycles. The minimum Gasteiger partial charge on any atom is -0.469 e. The van der Waals surface area contributed by atoms with Gasteiger partial charge in [0.1, 0.15) is 35.6 Å². The fourth-order valence-corrected chi connectivity index (χ4v) is 6.85. The van der Waals surface area contributed by atoms with Crippen LogP contribution in [-0.4, -0.2) is 39.1 Å². The molecule has 3 N–H and O–H groups in total. The van der Waals surface area contributed by atoms with Gasteiger partial charge in [-0.2, -0.15) is 10.2 Å². The number of Topliss-reactive ketones (excluding diaryl/α,β-unsaturated/α-hetero) is 1. The number of hydrogen-bond donors (Lipinski definition) is 3. The summed E-state index contributed by atoms with van der Waals surface area (Å²) in [5, 5.41) is 26.8. The van der Waals surface area contributed by atoms with Crippen molar-refractivity contribution in [2.24, 2.45) is 17.3 Å². The van der Waals surface area contributed by atoms with Gasteiger partial charge in [-0.1, -0.05) is 65.0 Å². The number of ether oxygens (including phenoxy) is 1. The molecule has 2 unspecified atom stereocenters. The third-order valence-corrected chi connectivity index (χ3v) is 9.23. The minimum absolute atomic E-state index is 0.0875. The predicted molar refractivity (Wildman–Crippen MR) is 166 cm³/mol. The van der Waals surface area contributed by atoms with Crippen molar-refractivity contribution in [3.63, 3.8) is 0 Å². The van der Waals surface area contributed by atoms with Crippen molar-refractivity contribution in [3.05, 3.63) is 82.8 Å². The number of rotatable bonds is 5. The zero-order chi connectivity index (χ0) is 32.5. The molecule has 0 aliphatic carbocycles. The van der Waals surface area contributed by atoms with Gasteiger partial charge in [-0.25, -0.2) is 4.98 Å². The Morgan fingerprint density at radius 1 is 1.15 bits per heavy atom. The summed E-state index contributed by atoms with van der Waals surface area (Å²) < 4.78 is 19.2. The van der Waals surface area contributed by atoms with Crippen LogP contribution in [0.3, 0.4) is 0 Å². The van der Waals surface area contributed by atoms with Crippen LogP contribution in [-0.2, 0) is 21.4 Å². The molecule has 5 heterocycles. The van der Waals surface area contributed by atoms with E-state index >= 15 is 0 Å². The monoisotopic (exact) mass is 621 g/mol. The Balaban J connectivity index is 1.50. The summed E-state index contributed by atoms with van der Waals surface area (Å²) in [5.41, 5.74) is 2.10. The lowest BCUT2D eigenvalue weighted by molar-refractivity contribution is -0.135. The second-order valence-electron chi connectivity index (χ2n) is 13.8. The summed E-state index contributed by atoms with van der Waals surface area (Å²) in [5.74, 6) is -0.446. The fourth-order valence-electron chi connectivity index (χ4n) is 6.85. The summed E-state index contributed by atoms with van der Waals surface area (Å²) in [4.78, 5) is 36.6. The van der Waals surface area contributed by atoms with Crippen molar-refractivity contribution in [2.45, 2.75) is 71.2 Å². The SMILES string of the molecule is CC(C)[C@H](O)C(=O)CC1Cc2ccc3c(c2)[C@@]2(c4ccccc4NC2O3)c2oc(nc2-c2nc(C#N)co2)[C@H](C(C)(C)C)NC1=O. The number of fused-ring (bicyclic) bond motifs is 4. The first kappa shape index (κ1) is 29.7. The third kappa shape index (κ3) is 4.50. The Morgan fingerprint density at radius 2 is 1.93 bits per heavy atom. The van der Waals surface area contributed by atoms with E-state index in [0.717, 1.165) is 22.4 Å². The second-order valence-corrected chi connectivity index (χ2v) is 13.8. The number of ketones is 1. The number of para-hydroxylation sites is 1. The lowest BCUT2D eigenvalue weighted by atomic mass is 9.72. The predicted octanol–water partition coefficient (Wildman–Crippen LogP) is 5.03. The maximum absolute atomic E-state index is 14.1. The number of oxazole rings is 2. The summed E-state index contributed by atoms with van der Waals surface area (Å²) >= 11 is 0. The summed E-state index contributed by atoms with van der Waals surface area (Å²) in [6.45, 7) is 9.42. The molecule has 46 heavy (non-hydrogen) atoms. The molecule has 7 rings (SSSR count). The standard InChI is InChI=1S/C35H35N5O6/c1-17(2)27(42)24(41)14-19-12-18-10-11-25-22(13-18)35(21-8-6-7-9-23(21)38-33(35)45-25)29-26(31-37-20(15-36)16-44-31)39-32(46-29)28(34(3,4)5)40-30(19)43/h6-11,13,16-17,19,27-28,33,38,42H,12,14H2,1-5H3,(H,40,43)/t19?,27-,28+,33?,35-/m0/s1. The van der Waals surface area contributed by atoms with Crippen LogP contribution in [0, 0.1) is 28.6 Å². The number of nitrogens with one attached hydrogen (secondary N) is 2. The first-order valence-electron chi connectivity index (χ1n) is 15.5. The number of benzene rings is 2. The highest BCUT2D eigenvalue weighted by Crippen LogP contribution is 2.59. The van der Waals surface area contributed by atoms with E-state index in [0.29, 0.717) is 11.5 Å². The molecule has 0 saturated heterocycles. The maximum atomic E-state index is 14.1. The maximum Gasteiger partial charge on any atom is 0.250 e. The Bertz CT molecular complexity index is 1910. The summed E-state index contributed by atoms with van der Waals surface area (Å²) in [6, 6.07) is 14.9. The number of aromatic nitrogens is 2. The molecule has 236 valence electrons. The van der Waals surface area contributed by atoms with Crippen LogP contribution in [0.5, 0.6) is 5.75 Å². The molecule has 3 aliphatic heterocycles. The lowest BCUT2D eigenvalue weighted by Crippen LogP contribution is -2.42. The van der Waals surface area contributed by atoms with E-state index in [-0.39, 0.29) is 53.6 Å². The van der Waals surface area contributed by atoms with E-state index in [9.17, 15) is 20.0 Å². The lowest BCUT2D eigenvalue weighted by Gasteiger charge is -2.32. The smallest absolute Gasteiger partial charge is 0.250 e. The number of amides is 1. The third-order valence-electron chi connectivity index (χ3n) is 9.23. The molecule has 3 aliphatic rings. The number of carbonyl (C=O) groups excluding carboxylic acids is 2. The van der Waals surface area contributed by atoms with E-state index in [4.69, 9.17) is 18.6 Å². The average Bonchev–Trinajstić information content (AvgIpc) is 3.78. The van der Waals surface area contributed by atoms with Crippen LogP contribution in [0.4, 0.5) is 5.69 Å². The molecule has 5 atom stereocenters. The highest BCUT2D eigenvalue weighted by Gasteiger charge is 2.61. The van der Waals surface area contributed by atoms with Crippen LogP contribution in [0.1, 0.15) is 81.1 Å². The molecule has 1 amide bonds. The van der Waals surface area contributed by atoms with Gasteiger partial charge >= 0.3 is 0 Å². The largest absolute Gasteiger partial charge is 0.469 e. The Morgan fingerprint density at radius 3 is 2.65 bits per heavy atom. The van der Waals surface area contributed by atoms with Crippen molar-refractivity contribution in [1.29, 1.82) is 5.26 Å². The quantitative estimate of drug-likeness (QED) is 0.275. The van der Waals surface area contributed by atoms with Gasteiger partial charge in [0.2, 0.25) is 17.7 Å². The van der Waals surface area contributed by atoms with Gasteiger partial charge in [0.15, 0.2) is 29.2 Å². The number of carbonyl (C=O) groups is 2. The Labute approximate surface area is 266 Å². The van der Waals surface area contributed by atoms with E-state index in [1.807, 2.05) is 69.3 Å². The first-order valence-corrected chi connectivity index (χ1v) is 15.5. The Hall–Kier alpha value is -4.95. The average molecular weight is 622 g/mol. The molecule has 0 fully saturated rings. The number of aliphatic hydroxyl groups is 1. The molecule has 4 aromatic rings. The summed E-state index contributed by atoms with van der Waals surface area (Å²) in [7, 11) is 0. The molecular formula is C35H35N5O6. The van der Waals surface area contributed by atoms with Crippen molar-refractivity contribution >= 4 is 17.4 Å². The molecule has 4 bridgehead atoms. The fraction of sp³-hybridized carbons (Fsp3) is 0.400. The number of hydrogen-bond acceptors (Lipinski definition) is 10. The topological polar surface area (TPSA) is 164 Å². The Kier molecular flexibility index (Phi) is 6.83. The zero-order valence-corrected chi connectivity index (χ0v) is 26.2. The van der Waals surface area contributed by atoms with Crippen LogP contribution in [0.25, 0.3) is 11.6 Å². The van der Waals surface area contributed by atoms with Gasteiger partial charge in [0.05, 0.1) is 0 Å². The molecule has 2 aromatic carbocycles. The number of aliphatic hydroxyl groups excluding tert-OH is 1. The first-order chi connectivity index (χ1) is 21.9. The molecular weight excluding hydrogens is 586 g/mol. The van der Waals surface area contributed by atoms with Crippen LogP contribution < -0.4 is 15.4 Å². The number of anilines is 1. The van der Waals surface area contributed by atoms with Gasteiger partial charge in [0.25, 0.3) is 0 Å². The minimum atomic E-state index is -1.18. The van der Waals surface area contributed by atoms with Gasteiger partial charge in [-0.15, -0.1) is 0 Å². The van der Waals surface area contributed by atoms with Crippen molar-refractivity contribution in [3.8, 4) is 23.4 Å². The number of nitrogens with zero attached hydrogens (tertiary/aromatic N) is 3. The van der Waals surface area contributed by atoms with Crippen LogP contribution in [0.2, 0.25) is 0 Å². The molecule has 1 spiro atoms. The van der Waals surface area contributed by atoms with Gasteiger partial charge < -0.3 is 29.3 Å². The normalized spacial score (nSPS) is 23.6. The van der Waals surface area contributed by atoms with E-state index in [2.05, 4.69) is 15.6 Å². The van der Waals surface area contributed by atoms with Crippen LogP contribution >= 0.6 is 0 Å². The van der Waals surface area contributed by atoms with Gasteiger partial charge in [-0.05, 0) is 41.0 Å². The highest BCUT2D eigenvalue weighted by molar-refractivity contribution is 5.89. The molecule has 0 radical (unpaired) electrons. The van der Waals surface area contributed by atoms with Gasteiger partial charge in [0, 0.05) is 23.6 Å². The van der Waals surface area contributed by atoms with Crippen molar-refractivity contribution in [1.82, 2.24) is 15.3 Å². The van der Waals surface area contributed by atoms with Crippen LogP contribution in [0.15, 0.2) is 57.6 Å². The second kappa shape index (κ2) is 10.6. The zero-order valence-electron chi connectivity index (χ0n) is 26.2. The van der Waals surface area contributed by atoms with Crippen molar-refractivity contribution in [2.75, 3.05) is 5.32 Å². The number of nitriles is 1. The summed E-state index contributed by atoms with van der Waals surface area (Å²) in [6.07, 6.45) is -0.410. The molecule has 0 saturated carbocycles. The van der Waals surface area contributed by atoms with E-state index in [1.54, 1.807) is 13.8 Å².